The predicted octanol–water partition coefficient (Wildman–Crippen LogP) is 2.93. The van der Waals surface area contributed by atoms with Crippen molar-refractivity contribution in [3.8, 4) is 5.69 Å². The first-order valence-corrected chi connectivity index (χ1v) is 7.55. The lowest BCUT2D eigenvalue weighted by Crippen LogP contribution is -1.98. The fraction of sp³-hybridized carbons (Fsp3) is 0.364. The minimum absolute atomic E-state index is 0.853. The number of nitrogens with zero attached hydrogens (tertiary/aromatic N) is 4. The second kappa shape index (κ2) is 6.76. The molecule has 0 radical (unpaired) electrons. The molecule has 4 nitrogen and oxygen atoms in total. The zero-order valence-electron chi connectivity index (χ0n) is 9.29. The van der Waals surface area contributed by atoms with Crippen LogP contribution in [-0.2, 0) is 0 Å². The van der Waals surface area contributed by atoms with E-state index in [4.69, 9.17) is 0 Å². The Bertz CT molecular complexity index is 446. The molecule has 0 fully saturated rings. The van der Waals surface area contributed by atoms with E-state index >= 15 is 0 Å². The first kappa shape index (κ1) is 12.6. The molecule has 1 aromatic heterocycles. The van der Waals surface area contributed by atoms with Crippen LogP contribution in [0.4, 0.5) is 0 Å². The number of alkyl halides is 1. The molecule has 0 aliphatic carbocycles. The molecule has 0 saturated carbocycles. The van der Waals surface area contributed by atoms with E-state index in [1.807, 2.05) is 30.3 Å². The molecule has 6 heteroatoms. The Hall–Kier alpha value is -0.880. The number of thioether (sulfide) groups is 1. The van der Waals surface area contributed by atoms with E-state index < -0.39 is 0 Å². The molecule has 0 spiro atoms. The summed E-state index contributed by atoms with van der Waals surface area (Å²) in [6, 6.07) is 9.95. The minimum atomic E-state index is 0.853. The highest BCUT2D eigenvalue weighted by molar-refractivity contribution is 9.09. The Morgan fingerprint density at radius 2 is 2.00 bits per heavy atom. The van der Waals surface area contributed by atoms with Gasteiger partial charge in [0.25, 0.3) is 0 Å². The van der Waals surface area contributed by atoms with Gasteiger partial charge in [-0.3, -0.25) is 0 Å². The molecular weight excluding hydrogens is 300 g/mol. The molecule has 0 bridgehead atoms. The van der Waals surface area contributed by atoms with Gasteiger partial charge in [0.2, 0.25) is 5.16 Å². The number of unbranched alkanes of at least 4 members (excludes halogenated alkanes) is 1. The predicted molar refractivity (Wildman–Crippen MR) is 72.9 cm³/mol. The Labute approximate surface area is 113 Å². The lowest BCUT2D eigenvalue weighted by molar-refractivity contribution is 0.755. The topological polar surface area (TPSA) is 43.6 Å². The van der Waals surface area contributed by atoms with Crippen molar-refractivity contribution in [3.63, 3.8) is 0 Å². The third kappa shape index (κ3) is 3.54. The van der Waals surface area contributed by atoms with Gasteiger partial charge in [-0.2, -0.15) is 4.68 Å². The monoisotopic (exact) mass is 312 g/mol. The van der Waals surface area contributed by atoms with E-state index in [1.54, 1.807) is 16.4 Å². The number of benzene rings is 1. The van der Waals surface area contributed by atoms with Crippen LogP contribution in [0.2, 0.25) is 0 Å². The smallest absolute Gasteiger partial charge is 0.188 e. The van der Waals surface area contributed by atoms with Gasteiger partial charge in [0.05, 0.1) is 5.69 Å². The molecule has 0 aliphatic rings. The lowest BCUT2D eigenvalue weighted by atomic mass is 10.3. The van der Waals surface area contributed by atoms with Crippen molar-refractivity contribution in [2.24, 2.45) is 0 Å². The van der Waals surface area contributed by atoms with Gasteiger partial charge in [-0.15, -0.1) is 5.10 Å². The first-order valence-electron chi connectivity index (χ1n) is 5.44. The van der Waals surface area contributed by atoms with Crippen LogP contribution in [0.5, 0.6) is 0 Å². The zero-order chi connectivity index (χ0) is 11.9. The average molecular weight is 313 g/mol. The molecule has 1 heterocycles. The van der Waals surface area contributed by atoms with Crippen molar-refractivity contribution in [2.45, 2.75) is 18.0 Å². The summed E-state index contributed by atoms with van der Waals surface area (Å²) < 4.78 is 1.78. The van der Waals surface area contributed by atoms with Crippen LogP contribution in [-0.4, -0.2) is 31.3 Å². The maximum atomic E-state index is 4.04. The third-order valence-electron chi connectivity index (χ3n) is 2.20. The number of halogens is 1. The summed E-state index contributed by atoms with van der Waals surface area (Å²) in [5, 5.41) is 13.7. The van der Waals surface area contributed by atoms with E-state index in [1.165, 1.54) is 6.42 Å². The molecule has 90 valence electrons. The Morgan fingerprint density at radius 3 is 2.76 bits per heavy atom. The maximum Gasteiger partial charge on any atom is 0.214 e. The van der Waals surface area contributed by atoms with Crippen LogP contribution in [0.25, 0.3) is 5.69 Å². The molecule has 17 heavy (non-hydrogen) atoms. The van der Waals surface area contributed by atoms with Crippen LogP contribution < -0.4 is 0 Å². The molecule has 1 aromatic carbocycles. The highest BCUT2D eigenvalue weighted by Crippen LogP contribution is 2.19. The number of tetrazole rings is 1. The van der Waals surface area contributed by atoms with E-state index in [0.717, 1.165) is 28.3 Å². The number of aromatic nitrogens is 4. The summed E-state index contributed by atoms with van der Waals surface area (Å²) in [4.78, 5) is 0. The molecule has 0 atom stereocenters. The van der Waals surface area contributed by atoms with Crippen LogP contribution in [0.1, 0.15) is 12.8 Å². The number of hydrogen-bond donors (Lipinski definition) is 0. The van der Waals surface area contributed by atoms with Crippen LogP contribution in [0.15, 0.2) is 35.5 Å². The van der Waals surface area contributed by atoms with Crippen LogP contribution in [0.3, 0.4) is 0 Å². The summed E-state index contributed by atoms with van der Waals surface area (Å²) in [6.07, 6.45) is 2.34. The molecule has 0 aliphatic heterocycles. The maximum absolute atomic E-state index is 4.04. The Kier molecular flexibility index (Phi) is 5.00. The van der Waals surface area contributed by atoms with Gasteiger partial charge in [-0.1, -0.05) is 45.9 Å². The standard InChI is InChI=1S/C11H13BrN4S/c12-8-4-5-9-17-11-13-14-15-16(11)10-6-2-1-3-7-10/h1-3,6-7H,4-5,8-9H2. The fourth-order valence-corrected chi connectivity index (χ4v) is 2.65. The van der Waals surface area contributed by atoms with Crippen molar-refractivity contribution >= 4 is 27.7 Å². The van der Waals surface area contributed by atoms with E-state index in [0.29, 0.717) is 0 Å². The summed E-state index contributed by atoms with van der Waals surface area (Å²) in [7, 11) is 0. The Morgan fingerprint density at radius 1 is 1.18 bits per heavy atom. The van der Waals surface area contributed by atoms with Gasteiger partial charge in [0.1, 0.15) is 0 Å². The highest BCUT2D eigenvalue weighted by atomic mass is 79.9. The van der Waals surface area contributed by atoms with Crippen molar-refractivity contribution in [2.75, 3.05) is 11.1 Å². The van der Waals surface area contributed by atoms with E-state index in [-0.39, 0.29) is 0 Å². The quantitative estimate of drug-likeness (QED) is 0.467. The van der Waals surface area contributed by atoms with Crippen LogP contribution in [0, 0.1) is 0 Å². The van der Waals surface area contributed by atoms with Crippen molar-refractivity contribution in [1.82, 2.24) is 20.2 Å². The number of rotatable bonds is 6. The molecule has 2 rings (SSSR count). The molecular formula is C11H13BrN4S. The Balaban J connectivity index is 2.02. The summed E-state index contributed by atoms with van der Waals surface area (Å²) in [5.74, 6) is 1.04. The molecule has 2 aromatic rings. The van der Waals surface area contributed by atoms with Gasteiger partial charge in [-0.05, 0) is 35.4 Å². The second-order valence-electron chi connectivity index (χ2n) is 3.45. The zero-order valence-corrected chi connectivity index (χ0v) is 11.7. The third-order valence-corrected chi connectivity index (χ3v) is 3.77. The summed E-state index contributed by atoms with van der Waals surface area (Å²) in [6.45, 7) is 0. The van der Waals surface area contributed by atoms with Gasteiger partial charge in [0, 0.05) is 11.1 Å². The minimum Gasteiger partial charge on any atom is -0.188 e. The number of hydrogen-bond acceptors (Lipinski definition) is 4. The summed E-state index contributed by atoms with van der Waals surface area (Å²) in [5.41, 5.74) is 1.00. The molecule has 0 amide bonds. The highest BCUT2D eigenvalue weighted by Gasteiger charge is 2.07. The van der Waals surface area contributed by atoms with Crippen molar-refractivity contribution in [1.29, 1.82) is 0 Å². The summed E-state index contributed by atoms with van der Waals surface area (Å²) >= 11 is 5.12. The van der Waals surface area contributed by atoms with Crippen molar-refractivity contribution < 1.29 is 0 Å². The largest absolute Gasteiger partial charge is 0.214 e. The van der Waals surface area contributed by atoms with Gasteiger partial charge in [-0.25, -0.2) is 0 Å². The first-order chi connectivity index (χ1) is 8.42. The van der Waals surface area contributed by atoms with E-state index in [9.17, 15) is 0 Å². The fourth-order valence-electron chi connectivity index (χ4n) is 1.36. The number of para-hydroxylation sites is 1. The average Bonchev–Trinajstić information content (AvgIpc) is 2.84. The van der Waals surface area contributed by atoms with Gasteiger partial charge >= 0.3 is 0 Å². The van der Waals surface area contributed by atoms with Crippen molar-refractivity contribution in [3.05, 3.63) is 30.3 Å². The van der Waals surface area contributed by atoms with Crippen LogP contribution >= 0.6 is 27.7 Å². The second-order valence-corrected chi connectivity index (χ2v) is 5.31. The normalized spacial score (nSPS) is 10.6. The molecule has 0 unspecified atom stereocenters. The van der Waals surface area contributed by atoms with Gasteiger partial charge in [0.15, 0.2) is 0 Å². The SMILES string of the molecule is BrCCCCSc1nnnn1-c1ccccc1. The molecule has 0 N–H and O–H groups in total. The van der Waals surface area contributed by atoms with E-state index in [2.05, 4.69) is 31.5 Å². The molecule has 0 saturated heterocycles. The lowest BCUT2D eigenvalue weighted by Gasteiger charge is -2.03. The van der Waals surface area contributed by atoms with Gasteiger partial charge < -0.3 is 0 Å².